The van der Waals surface area contributed by atoms with Crippen molar-refractivity contribution >= 4 is 21.6 Å². The van der Waals surface area contributed by atoms with E-state index in [2.05, 4.69) is 0 Å². The maximum absolute atomic E-state index is 13.8. The summed E-state index contributed by atoms with van der Waals surface area (Å²) in [5, 5.41) is 0. The Balaban J connectivity index is 1.97. The zero-order chi connectivity index (χ0) is 29.2. The smallest absolute Gasteiger partial charge is 0.471 e. The van der Waals surface area contributed by atoms with Gasteiger partial charge in [0.15, 0.2) is 11.5 Å². The van der Waals surface area contributed by atoms with Crippen LogP contribution in [0, 0.1) is 6.92 Å². The number of ether oxygens (including phenoxy) is 3. The van der Waals surface area contributed by atoms with Gasteiger partial charge in [0.25, 0.3) is 10.0 Å². The van der Waals surface area contributed by atoms with Crippen molar-refractivity contribution in [3.05, 3.63) is 82.9 Å². The highest BCUT2D eigenvalue weighted by Gasteiger charge is 2.47. The van der Waals surface area contributed by atoms with E-state index in [0.29, 0.717) is 16.9 Å². The summed E-state index contributed by atoms with van der Waals surface area (Å²) in [4.78, 5) is 13.4. The minimum Gasteiger partial charge on any atom is -0.493 e. The molecule has 0 aliphatic carbocycles. The fourth-order valence-corrected chi connectivity index (χ4v) is 6.24. The van der Waals surface area contributed by atoms with Gasteiger partial charge in [-0.1, -0.05) is 35.9 Å². The van der Waals surface area contributed by atoms with Crippen LogP contribution >= 0.6 is 0 Å². The lowest BCUT2D eigenvalue weighted by Crippen LogP contribution is -2.47. The molecule has 1 atom stereocenters. The first-order valence-electron chi connectivity index (χ1n) is 12.2. The van der Waals surface area contributed by atoms with Crippen molar-refractivity contribution in [2.24, 2.45) is 0 Å². The molecule has 8 nitrogen and oxygen atoms in total. The second kappa shape index (κ2) is 11.4. The Morgan fingerprint density at radius 3 is 2.20 bits per heavy atom. The molecule has 214 valence electrons. The number of amides is 1. The van der Waals surface area contributed by atoms with Gasteiger partial charge in [0, 0.05) is 19.2 Å². The Morgan fingerprint density at radius 2 is 1.60 bits per heavy atom. The minimum atomic E-state index is -5.15. The molecule has 3 aromatic rings. The molecule has 12 heteroatoms. The Morgan fingerprint density at radius 1 is 0.975 bits per heavy atom. The van der Waals surface area contributed by atoms with E-state index in [1.165, 1.54) is 51.7 Å². The number of alkyl halides is 3. The van der Waals surface area contributed by atoms with Crippen LogP contribution in [0.1, 0.15) is 28.3 Å². The molecule has 0 unspecified atom stereocenters. The fourth-order valence-electron chi connectivity index (χ4n) is 4.83. The van der Waals surface area contributed by atoms with Crippen molar-refractivity contribution < 1.29 is 40.6 Å². The number of fused-ring (bicyclic) bond motifs is 1. The molecule has 40 heavy (non-hydrogen) atoms. The first kappa shape index (κ1) is 29.2. The van der Waals surface area contributed by atoms with Crippen molar-refractivity contribution in [3.8, 4) is 11.5 Å². The summed E-state index contributed by atoms with van der Waals surface area (Å²) in [7, 11) is -0.0766. The molecule has 3 aromatic carbocycles. The van der Waals surface area contributed by atoms with Crippen molar-refractivity contribution in [1.82, 2.24) is 4.90 Å². The molecule has 0 aromatic heterocycles. The summed E-state index contributed by atoms with van der Waals surface area (Å²) in [6.07, 6.45) is -5.03. The van der Waals surface area contributed by atoms with Gasteiger partial charge in [0.1, 0.15) is 6.73 Å². The van der Waals surface area contributed by atoms with E-state index in [1.807, 2.05) is 6.92 Å². The highest BCUT2D eigenvalue weighted by Crippen LogP contribution is 2.45. The standard InChI is InChI=1S/C28H29F3N2O6S/c1-18-9-11-20(12-10-18)40(35,36)33(17-37-2)23-8-6-5-7-21(23)26-22-16-25(39-4)24(38-3)15-19(22)13-14-32(26)27(34)28(29,30)31/h5-12,15-16,26H,13-14,17H2,1-4H3/t26-/m1/s1. The molecule has 4 rings (SSSR count). The summed E-state index contributed by atoms with van der Waals surface area (Å²) in [6.45, 7) is 1.13. The number of hydrogen-bond acceptors (Lipinski definition) is 6. The van der Waals surface area contributed by atoms with Gasteiger partial charge in [-0.3, -0.25) is 4.79 Å². The number of nitrogens with zero attached hydrogens (tertiary/aromatic N) is 2. The van der Waals surface area contributed by atoms with Crippen LogP contribution in [0.3, 0.4) is 0 Å². The number of aryl methyl sites for hydroxylation is 1. The molecule has 1 aliphatic heterocycles. The number of carbonyl (C=O) groups is 1. The number of benzene rings is 3. The quantitative estimate of drug-likeness (QED) is 0.356. The molecule has 0 saturated heterocycles. The summed E-state index contributed by atoms with van der Waals surface area (Å²) >= 11 is 0. The topological polar surface area (TPSA) is 85.4 Å². The van der Waals surface area contributed by atoms with Gasteiger partial charge in [-0.2, -0.15) is 13.2 Å². The first-order chi connectivity index (χ1) is 18.9. The van der Waals surface area contributed by atoms with Crippen molar-refractivity contribution in [3.63, 3.8) is 0 Å². The van der Waals surface area contributed by atoms with E-state index < -0.39 is 34.9 Å². The van der Waals surface area contributed by atoms with E-state index in [0.717, 1.165) is 14.8 Å². The molecule has 1 amide bonds. The Bertz CT molecular complexity index is 1490. The predicted octanol–water partition coefficient (Wildman–Crippen LogP) is 4.85. The summed E-state index contributed by atoms with van der Waals surface area (Å²) < 4.78 is 86.1. The third-order valence-electron chi connectivity index (χ3n) is 6.73. The zero-order valence-electron chi connectivity index (χ0n) is 22.4. The van der Waals surface area contributed by atoms with Crippen LogP contribution in [0.2, 0.25) is 0 Å². The van der Waals surface area contributed by atoms with Crippen molar-refractivity contribution in [1.29, 1.82) is 0 Å². The maximum atomic E-state index is 13.8. The van der Waals surface area contributed by atoms with E-state index >= 15 is 0 Å². The molecule has 0 N–H and O–H groups in total. The normalized spacial score (nSPS) is 15.4. The summed E-state index contributed by atoms with van der Waals surface area (Å²) in [6, 6.07) is 14.2. The highest BCUT2D eigenvalue weighted by atomic mass is 32.2. The fraction of sp³-hybridized carbons (Fsp3) is 0.321. The van der Waals surface area contributed by atoms with E-state index in [1.54, 1.807) is 30.3 Å². The molecule has 0 saturated carbocycles. The number of hydrogen-bond donors (Lipinski definition) is 0. The van der Waals surface area contributed by atoms with Crippen LogP contribution in [0.25, 0.3) is 0 Å². The number of halogens is 3. The largest absolute Gasteiger partial charge is 0.493 e. The lowest BCUT2D eigenvalue weighted by Gasteiger charge is -2.40. The second-order valence-electron chi connectivity index (χ2n) is 9.20. The number of anilines is 1. The van der Waals surface area contributed by atoms with Gasteiger partial charge in [-0.15, -0.1) is 0 Å². The highest BCUT2D eigenvalue weighted by molar-refractivity contribution is 7.92. The molecule has 0 radical (unpaired) electrons. The molecule has 0 fully saturated rings. The van der Waals surface area contributed by atoms with Crippen LogP contribution in [0.5, 0.6) is 11.5 Å². The minimum absolute atomic E-state index is 0.0244. The van der Waals surface area contributed by atoms with Gasteiger partial charge >= 0.3 is 12.1 Å². The first-order valence-corrected chi connectivity index (χ1v) is 13.7. The predicted molar refractivity (Wildman–Crippen MR) is 142 cm³/mol. The lowest BCUT2D eigenvalue weighted by atomic mass is 9.86. The van der Waals surface area contributed by atoms with Crippen LogP contribution < -0.4 is 13.8 Å². The summed E-state index contributed by atoms with van der Waals surface area (Å²) in [5.74, 6) is -1.40. The summed E-state index contributed by atoms with van der Waals surface area (Å²) in [5.41, 5.74) is 2.09. The third-order valence-corrected chi connectivity index (χ3v) is 8.48. The molecule has 1 heterocycles. The van der Waals surface area contributed by atoms with Crippen LogP contribution in [0.15, 0.2) is 65.6 Å². The van der Waals surface area contributed by atoms with E-state index in [9.17, 15) is 26.4 Å². The van der Waals surface area contributed by atoms with Gasteiger partial charge < -0.3 is 19.1 Å². The van der Waals surface area contributed by atoms with Crippen molar-refractivity contribution in [2.45, 2.75) is 30.5 Å². The van der Waals surface area contributed by atoms with Crippen LogP contribution in [-0.4, -0.2) is 60.0 Å². The maximum Gasteiger partial charge on any atom is 0.471 e. The second-order valence-corrected chi connectivity index (χ2v) is 11.1. The van der Waals surface area contributed by atoms with E-state index in [-0.39, 0.29) is 34.9 Å². The van der Waals surface area contributed by atoms with Crippen LogP contribution in [-0.2, 0) is 26.0 Å². The molecule has 0 spiro atoms. The molecule has 0 bridgehead atoms. The number of methoxy groups -OCH3 is 3. The number of rotatable bonds is 8. The molecular weight excluding hydrogens is 549 g/mol. The van der Waals surface area contributed by atoms with Gasteiger partial charge in [-0.25, -0.2) is 12.7 Å². The van der Waals surface area contributed by atoms with Crippen LogP contribution in [0.4, 0.5) is 18.9 Å². The monoisotopic (exact) mass is 578 g/mol. The molecular formula is C28H29F3N2O6S. The lowest BCUT2D eigenvalue weighted by molar-refractivity contribution is -0.187. The SMILES string of the molecule is COCN(c1ccccc1[C@@H]1c2cc(OC)c(OC)cc2CCN1C(=O)C(F)(F)F)S(=O)(=O)c1ccc(C)cc1. The number of carbonyl (C=O) groups excluding carboxylic acids is 1. The average molecular weight is 579 g/mol. The number of sulfonamides is 1. The Hall–Kier alpha value is -3.77. The van der Waals surface area contributed by atoms with Gasteiger partial charge in [-0.05, 0) is 54.8 Å². The number of para-hydroxylation sites is 1. The van der Waals surface area contributed by atoms with E-state index in [4.69, 9.17) is 14.2 Å². The Kier molecular flexibility index (Phi) is 8.31. The van der Waals surface area contributed by atoms with Gasteiger partial charge in [0.2, 0.25) is 0 Å². The van der Waals surface area contributed by atoms with Crippen molar-refractivity contribution in [2.75, 3.05) is 38.9 Å². The van der Waals surface area contributed by atoms with Gasteiger partial charge in [0.05, 0.1) is 30.8 Å². The third kappa shape index (κ3) is 5.46. The average Bonchev–Trinajstić information content (AvgIpc) is 2.93. The molecule has 1 aliphatic rings. The zero-order valence-corrected chi connectivity index (χ0v) is 23.2. The Labute approximate surface area is 230 Å².